The summed E-state index contributed by atoms with van der Waals surface area (Å²) in [6.07, 6.45) is 1.10. The normalized spacial score (nSPS) is 13.2. The lowest BCUT2D eigenvalue weighted by molar-refractivity contribution is -0.130. The highest BCUT2D eigenvalue weighted by Crippen LogP contribution is 2.10. The third-order valence-electron chi connectivity index (χ3n) is 2.38. The van der Waals surface area contributed by atoms with Crippen LogP contribution in [0.5, 0.6) is 0 Å². The molecule has 0 aliphatic rings. The van der Waals surface area contributed by atoms with Crippen LogP contribution in [-0.4, -0.2) is 61.5 Å². The van der Waals surface area contributed by atoms with E-state index in [2.05, 4.69) is 0 Å². The van der Waals surface area contributed by atoms with Crippen LogP contribution in [0, 0.1) is 0 Å². The van der Waals surface area contributed by atoms with E-state index in [0.29, 0.717) is 6.73 Å². The molecule has 0 aliphatic carbocycles. The molecule has 0 rings (SSSR count). The Hall–Kier alpha value is 0.0569. The molecule has 0 radical (unpaired) electrons. The van der Waals surface area contributed by atoms with Gasteiger partial charge in [0.1, 0.15) is 5.41 Å². The van der Waals surface area contributed by atoms with Crippen molar-refractivity contribution in [1.29, 1.82) is 0 Å². The van der Waals surface area contributed by atoms with Crippen molar-refractivity contribution in [3.63, 3.8) is 0 Å². The second kappa shape index (κ2) is 8.24. The highest BCUT2D eigenvalue weighted by atomic mass is 28.2. The first-order valence-electron chi connectivity index (χ1n) is 5.37. The molecule has 0 aromatic heterocycles. The Morgan fingerprint density at radius 3 is 2.27 bits per heavy atom. The highest BCUT2D eigenvalue weighted by molar-refractivity contribution is 6.38. The third kappa shape index (κ3) is 7.93. The van der Waals surface area contributed by atoms with Gasteiger partial charge in [-0.15, -0.1) is 0 Å². The second-order valence-corrected chi connectivity index (χ2v) is 6.61. The Morgan fingerprint density at radius 1 is 1.20 bits per heavy atom. The highest BCUT2D eigenvalue weighted by Gasteiger charge is 2.21. The zero-order valence-corrected chi connectivity index (χ0v) is 12.1. The first-order chi connectivity index (χ1) is 7.04. The minimum atomic E-state index is -0.357. The topological polar surface area (TPSA) is 30.9 Å². The summed E-state index contributed by atoms with van der Waals surface area (Å²) < 4.78 is 16.1. The van der Waals surface area contributed by atoms with Crippen molar-refractivity contribution in [2.24, 2.45) is 0 Å². The van der Waals surface area contributed by atoms with Gasteiger partial charge in [0.25, 0.3) is 0 Å². The number of hydrogen-bond acceptors (Lipinski definition) is 4. The van der Waals surface area contributed by atoms with Crippen LogP contribution in [0.25, 0.3) is 0 Å². The van der Waals surface area contributed by atoms with Crippen LogP contribution in [-0.2, 0) is 14.2 Å². The third-order valence-corrected chi connectivity index (χ3v) is 4.72. The van der Waals surface area contributed by atoms with Gasteiger partial charge in [-0.3, -0.25) is 4.90 Å². The standard InChI is InChI=1S/C10H25NO3Si/c1-10(12-4,13-5)15-8-6-7-14-9-11(2)3/h6-9,15H2,1-5H3. The van der Waals surface area contributed by atoms with Gasteiger partial charge >= 0.3 is 0 Å². The predicted octanol–water partition coefficient (Wildman–Crippen LogP) is 0.466. The van der Waals surface area contributed by atoms with E-state index in [0.717, 1.165) is 13.0 Å². The van der Waals surface area contributed by atoms with E-state index in [9.17, 15) is 0 Å². The van der Waals surface area contributed by atoms with Crippen LogP contribution in [0.4, 0.5) is 0 Å². The molecule has 0 amide bonds. The van der Waals surface area contributed by atoms with E-state index in [4.69, 9.17) is 14.2 Å². The smallest absolute Gasteiger partial charge is 0.141 e. The monoisotopic (exact) mass is 235 g/mol. The molecule has 0 aliphatic heterocycles. The maximum absolute atomic E-state index is 5.44. The molecular weight excluding hydrogens is 210 g/mol. The molecule has 0 bridgehead atoms. The Balaban J connectivity index is 3.37. The average molecular weight is 235 g/mol. The Morgan fingerprint density at radius 2 is 1.80 bits per heavy atom. The zero-order chi connectivity index (χ0) is 11.7. The van der Waals surface area contributed by atoms with Crippen molar-refractivity contribution < 1.29 is 14.2 Å². The molecule has 0 heterocycles. The van der Waals surface area contributed by atoms with Gasteiger partial charge in [-0.1, -0.05) is 6.04 Å². The first kappa shape index (κ1) is 15.1. The minimum Gasteiger partial charge on any atom is -0.366 e. The van der Waals surface area contributed by atoms with Gasteiger partial charge in [0, 0.05) is 20.8 Å². The van der Waals surface area contributed by atoms with Gasteiger partial charge in [0.2, 0.25) is 0 Å². The van der Waals surface area contributed by atoms with Crippen molar-refractivity contribution in [2.75, 3.05) is 41.7 Å². The molecule has 0 aromatic rings. The van der Waals surface area contributed by atoms with Crippen LogP contribution in [0.3, 0.4) is 0 Å². The van der Waals surface area contributed by atoms with E-state index >= 15 is 0 Å². The lowest BCUT2D eigenvalue weighted by Crippen LogP contribution is -2.36. The van der Waals surface area contributed by atoms with Crippen molar-refractivity contribution in [2.45, 2.75) is 24.8 Å². The number of rotatable bonds is 9. The van der Waals surface area contributed by atoms with E-state index in [1.54, 1.807) is 14.2 Å². The van der Waals surface area contributed by atoms with E-state index < -0.39 is 0 Å². The largest absolute Gasteiger partial charge is 0.366 e. The van der Waals surface area contributed by atoms with Crippen LogP contribution in [0.15, 0.2) is 0 Å². The van der Waals surface area contributed by atoms with Crippen LogP contribution in [0.2, 0.25) is 6.04 Å². The fraction of sp³-hybridized carbons (Fsp3) is 1.00. The summed E-state index contributed by atoms with van der Waals surface area (Å²) in [6.45, 7) is 3.54. The van der Waals surface area contributed by atoms with Gasteiger partial charge in [-0.2, -0.15) is 0 Å². The average Bonchev–Trinajstić information content (AvgIpc) is 2.22. The number of nitrogens with zero attached hydrogens (tertiary/aromatic N) is 1. The van der Waals surface area contributed by atoms with Crippen molar-refractivity contribution in [3.8, 4) is 0 Å². The van der Waals surface area contributed by atoms with Crippen LogP contribution in [0.1, 0.15) is 13.3 Å². The van der Waals surface area contributed by atoms with E-state index in [-0.39, 0.29) is 14.9 Å². The summed E-state index contributed by atoms with van der Waals surface area (Å²) in [5, 5.41) is 0. The van der Waals surface area contributed by atoms with Gasteiger partial charge in [0.15, 0.2) is 0 Å². The summed E-state index contributed by atoms with van der Waals surface area (Å²) in [5.41, 5.74) is -0.304. The number of methoxy groups -OCH3 is 2. The molecule has 0 saturated carbocycles. The summed E-state index contributed by atoms with van der Waals surface area (Å²) in [4.78, 5) is 2.02. The molecule has 0 atom stereocenters. The molecule has 15 heavy (non-hydrogen) atoms. The number of hydrogen-bond donors (Lipinski definition) is 0. The summed E-state index contributed by atoms with van der Waals surface area (Å²) in [5.74, 6) is 0. The van der Waals surface area contributed by atoms with E-state index in [1.807, 2.05) is 25.9 Å². The molecule has 0 unspecified atom stereocenters. The molecule has 0 saturated heterocycles. The fourth-order valence-electron chi connectivity index (χ4n) is 1.18. The van der Waals surface area contributed by atoms with Crippen LogP contribution < -0.4 is 0 Å². The predicted molar refractivity (Wildman–Crippen MR) is 64.9 cm³/mol. The van der Waals surface area contributed by atoms with Gasteiger partial charge < -0.3 is 14.2 Å². The fourth-order valence-corrected chi connectivity index (χ4v) is 2.69. The Kier molecular flexibility index (Phi) is 8.27. The van der Waals surface area contributed by atoms with Crippen LogP contribution >= 0.6 is 0 Å². The Labute approximate surface area is 95.7 Å². The minimum absolute atomic E-state index is 0.304. The number of ether oxygens (including phenoxy) is 3. The SMILES string of the molecule is COC(C)(OC)[SiH2]CCCOCN(C)C. The molecule has 0 N–H and O–H groups in total. The maximum atomic E-state index is 5.44. The Bertz CT molecular complexity index is 152. The second-order valence-electron chi connectivity index (χ2n) is 4.12. The van der Waals surface area contributed by atoms with Gasteiger partial charge in [0.05, 0.1) is 16.3 Å². The maximum Gasteiger partial charge on any atom is 0.141 e. The summed E-state index contributed by atoms with van der Waals surface area (Å²) >= 11 is 0. The van der Waals surface area contributed by atoms with Gasteiger partial charge in [-0.05, 0) is 27.4 Å². The van der Waals surface area contributed by atoms with Crippen molar-refractivity contribution in [3.05, 3.63) is 0 Å². The zero-order valence-electron chi connectivity index (χ0n) is 10.7. The van der Waals surface area contributed by atoms with Crippen molar-refractivity contribution >= 4 is 9.52 Å². The molecule has 0 spiro atoms. The first-order valence-corrected chi connectivity index (χ1v) is 7.07. The molecular formula is C10H25NO3Si. The molecule has 92 valence electrons. The molecule has 5 heteroatoms. The lowest BCUT2D eigenvalue weighted by Gasteiger charge is -2.26. The van der Waals surface area contributed by atoms with Gasteiger partial charge in [-0.25, -0.2) is 0 Å². The molecule has 0 aromatic carbocycles. The lowest BCUT2D eigenvalue weighted by atomic mass is 10.5. The summed E-state index contributed by atoms with van der Waals surface area (Å²) in [6, 6.07) is 1.19. The summed E-state index contributed by atoms with van der Waals surface area (Å²) in [7, 11) is 7.06. The van der Waals surface area contributed by atoms with Crippen molar-refractivity contribution in [1.82, 2.24) is 4.90 Å². The molecule has 0 fully saturated rings. The van der Waals surface area contributed by atoms with E-state index in [1.165, 1.54) is 6.04 Å². The quantitative estimate of drug-likeness (QED) is 0.330. The molecule has 4 nitrogen and oxygen atoms in total.